The van der Waals surface area contributed by atoms with Crippen molar-refractivity contribution in [1.29, 1.82) is 0 Å². The summed E-state index contributed by atoms with van der Waals surface area (Å²) in [7, 11) is 0. The van der Waals surface area contributed by atoms with E-state index < -0.39 is 0 Å². The lowest BCUT2D eigenvalue weighted by molar-refractivity contribution is -0.114. The number of allylic oxidation sites excluding steroid dienone is 1. The molecule has 3 nitrogen and oxygen atoms in total. The Morgan fingerprint density at radius 1 is 1.22 bits per heavy atom. The van der Waals surface area contributed by atoms with Gasteiger partial charge in [-0.05, 0) is 11.6 Å². The summed E-state index contributed by atoms with van der Waals surface area (Å²) < 4.78 is 5.27. The van der Waals surface area contributed by atoms with Gasteiger partial charge in [0.1, 0.15) is 0 Å². The van der Waals surface area contributed by atoms with E-state index in [1.807, 2.05) is 36.4 Å². The molecule has 0 atom stereocenters. The zero-order chi connectivity index (χ0) is 12.6. The third kappa shape index (κ3) is 4.43. The fourth-order valence-electron chi connectivity index (χ4n) is 1.97. The molecule has 0 unspecified atom stereocenters. The van der Waals surface area contributed by atoms with Gasteiger partial charge in [0.2, 0.25) is 0 Å². The van der Waals surface area contributed by atoms with Crippen molar-refractivity contribution in [2.75, 3.05) is 32.8 Å². The molecule has 1 aromatic rings. The highest BCUT2D eigenvalue weighted by atomic mass is 16.5. The van der Waals surface area contributed by atoms with Crippen LogP contribution in [0.4, 0.5) is 0 Å². The van der Waals surface area contributed by atoms with Crippen molar-refractivity contribution in [2.45, 2.75) is 6.42 Å². The maximum atomic E-state index is 11.7. The summed E-state index contributed by atoms with van der Waals surface area (Å²) in [5.41, 5.74) is 1.07. The van der Waals surface area contributed by atoms with Gasteiger partial charge < -0.3 is 4.74 Å². The van der Waals surface area contributed by atoms with Crippen molar-refractivity contribution in [1.82, 2.24) is 4.90 Å². The normalized spacial score (nSPS) is 17.1. The molecule has 1 fully saturated rings. The third-order valence-corrected chi connectivity index (χ3v) is 2.99. The van der Waals surface area contributed by atoms with Crippen molar-refractivity contribution < 1.29 is 9.53 Å². The molecule has 1 aromatic carbocycles. The predicted octanol–water partition coefficient (Wildman–Crippen LogP) is 1.69. The number of hydrogen-bond donors (Lipinski definition) is 0. The van der Waals surface area contributed by atoms with Crippen molar-refractivity contribution in [3.63, 3.8) is 0 Å². The second kappa shape index (κ2) is 7.09. The zero-order valence-corrected chi connectivity index (χ0v) is 10.5. The van der Waals surface area contributed by atoms with Crippen LogP contribution in [0.5, 0.6) is 0 Å². The zero-order valence-electron chi connectivity index (χ0n) is 10.5. The van der Waals surface area contributed by atoms with Crippen LogP contribution in [0.25, 0.3) is 0 Å². The number of ketones is 1. The average Bonchev–Trinajstić information content (AvgIpc) is 2.41. The predicted molar refractivity (Wildman–Crippen MR) is 71.6 cm³/mol. The van der Waals surface area contributed by atoms with Crippen LogP contribution < -0.4 is 0 Å². The minimum atomic E-state index is 0.162. The second-order valence-electron chi connectivity index (χ2n) is 4.44. The molecule has 0 aliphatic carbocycles. The lowest BCUT2D eigenvalue weighted by atomic mass is 10.1. The molecule has 1 saturated heterocycles. The topological polar surface area (TPSA) is 29.5 Å². The number of morpholine rings is 1. The molecule has 1 heterocycles. The van der Waals surface area contributed by atoms with Gasteiger partial charge in [-0.15, -0.1) is 0 Å². The van der Waals surface area contributed by atoms with Crippen LogP contribution in [-0.2, 0) is 16.0 Å². The number of benzene rings is 1. The molecule has 18 heavy (non-hydrogen) atoms. The molecule has 0 bridgehead atoms. The molecule has 0 spiro atoms. The van der Waals surface area contributed by atoms with Gasteiger partial charge in [-0.2, -0.15) is 0 Å². The van der Waals surface area contributed by atoms with E-state index in [0.29, 0.717) is 6.42 Å². The fraction of sp³-hybridized carbons (Fsp3) is 0.400. The first-order valence-corrected chi connectivity index (χ1v) is 6.38. The Hall–Kier alpha value is -1.45. The molecular weight excluding hydrogens is 226 g/mol. The van der Waals surface area contributed by atoms with E-state index in [1.165, 1.54) is 0 Å². The second-order valence-corrected chi connectivity index (χ2v) is 4.44. The van der Waals surface area contributed by atoms with Crippen LogP contribution in [0.15, 0.2) is 42.5 Å². The van der Waals surface area contributed by atoms with Crippen molar-refractivity contribution in [3.05, 3.63) is 48.0 Å². The van der Waals surface area contributed by atoms with E-state index in [2.05, 4.69) is 4.90 Å². The van der Waals surface area contributed by atoms with E-state index in [-0.39, 0.29) is 5.78 Å². The lowest BCUT2D eigenvalue weighted by Crippen LogP contribution is -2.36. The van der Waals surface area contributed by atoms with Crippen molar-refractivity contribution >= 4 is 5.78 Å². The first kappa shape index (κ1) is 13.0. The van der Waals surface area contributed by atoms with Gasteiger partial charge >= 0.3 is 0 Å². The minimum Gasteiger partial charge on any atom is -0.379 e. The molecule has 0 aromatic heterocycles. The number of nitrogens with zero attached hydrogens (tertiary/aromatic N) is 1. The van der Waals surface area contributed by atoms with Crippen LogP contribution >= 0.6 is 0 Å². The van der Waals surface area contributed by atoms with E-state index in [4.69, 9.17) is 4.74 Å². The maximum Gasteiger partial charge on any atom is 0.159 e. The quantitative estimate of drug-likeness (QED) is 0.739. The minimum absolute atomic E-state index is 0.162. The standard InChI is InChI=1S/C15H19NO2/c17-15(13-14-5-2-1-3-6-14)7-4-8-16-9-11-18-12-10-16/h1-7H,8-13H2/b7-4+. The summed E-state index contributed by atoms with van der Waals surface area (Å²) >= 11 is 0. The van der Waals surface area contributed by atoms with Gasteiger partial charge in [-0.3, -0.25) is 9.69 Å². The molecule has 0 radical (unpaired) electrons. The lowest BCUT2D eigenvalue weighted by Gasteiger charge is -2.25. The van der Waals surface area contributed by atoms with Crippen LogP contribution in [0.2, 0.25) is 0 Å². The summed E-state index contributed by atoms with van der Waals surface area (Å²) in [6, 6.07) is 9.84. The smallest absolute Gasteiger partial charge is 0.159 e. The average molecular weight is 245 g/mol. The van der Waals surface area contributed by atoms with Gasteiger partial charge in [-0.1, -0.05) is 36.4 Å². The highest BCUT2D eigenvalue weighted by molar-refractivity contribution is 5.91. The molecular formula is C15H19NO2. The van der Waals surface area contributed by atoms with E-state index in [9.17, 15) is 4.79 Å². The molecule has 2 rings (SSSR count). The van der Waals surface area contributed by atoms with Crippen LogP contribution in [0, 0.1) is 0 Å². The van der Waals surface area contributed by atoms with E-state index in [1.54, 1.807) is 6.08 Å². The highest BCUT2D eigenvalue weighted by Gasteiger charge is 2.07. The van der Waals surface area contributed by atoms with Gasteiger partial charge in [0.15, 0.2) is 5.78 Å². The maximum absolute atomic E-state index is 11.7. The van der Waals surface area contributed by atoms with E-state index in [0.717, 1.165) is 38.4 Å². The third-order valence-electron chi connectivity index (χ3n) is 2.99. The van der Waals surface area contributed by atoms with Gasteiger partial charge in [0.05, 0.1) is 13.2 Å². The van der Waals surface area contributed by atoms with E-state index >= 15 is 0 Å². The molecule has 1 aliphatic rings. The van der Waals surface area contributed by atoms with Gasteiger partial charge in [0.25, 0.3) is 0 Å². The molecule has 0 N–H and O–H groups in total. The number of carbonyl (C=O) groups is 1. The molecule has 0 saturated carbocycles. The summed E-state index contributed by atoms with van der Waals surface area (Å²) in [4.78, 5) is 14.0. The number of hydrogen-bond acceptors (Lipinski definition) is 3. The Balaban J connectivity index is 1.73. The Morgan fingerprint density at radius 2 is 1.94 bits per heavy atom. The largest absolute Gasteiger partial charge is 0.379 e. The van der Waals surface area contributed by atoms with Crippen LogP contribution in [-0.4, -0.2) is 43.5 Å². The first-order valence-electron chi connectivity index (χ1n) is 6.38. The fourth-order valence-corrected chi connectivity index (χ4v) is 1.97. The highest BCUT2D eigenvalue weighted by Crippen LogP contribution is 2.01. The van der Waals surface area contributed by atoms with Gasteiger partial charge in [-0.25, -0.2) is 0 Å². The Labute approximate surface area is 108 Å². The Morgan fingerprint density at radius 3 is 2.67 bits per heavy atom. The Kier molecular flexibility index (Phi) is 5.12. The van der Waals surface area contributed by atoms with Gasteiger partial charge in [0, 0.05) is 26.1 Å². The van der Waals surface area contributed by atoms with Crippen molar-refractivity contribution in [2.24, 2.45) is 0 Å². The Bertz CT molecular complexity index is 394. The van der Waals surface area contributed by atoms with Crippen LogP contribution in [0.3, 0.4) is 0 Å². The summed E-state index contributed by atoms with van der Waals surface area (Å²) in [6.07, 6.45) is 4.14. The first-order chi connectivity index (χ1) is 8.84. The monoisotopic (exact) mass is 245 g/mol. The number of rotatable bonds is 5. The summed E-state index contributed by atoms with van der Waals surface area (Å²) in [6.45, 7) is 4.34. The summed E-state index contributed by atoms with van der Waals surface area (Å²) in [5, 5.41) is 0. The summed E-state index contributed by atoms with van der Waals surface area (Å²) in [5.74, 6) is 0.162. The molecule has 96 valence electrons. The molecule has 3 heteroatoms. The SMILES string of the molecule is O=C(/C=C/CN1CCOCC1)Cc1ccccc1. The molecule has 0 amide bonds. The number of carbonyl (C=O) groups excluding carboxylic acids is 1. The van der Waals surface area contributed by atoms with Crippen molar-refractivity contribution in [3.8, 4) is 0 Å². The molecule has 1 aliphatic heterocycles. The number of ether oxygens (including phenoxy) is 1. The van der Waals surface area contributed by atoms with Crippen LogP contribution in [0.1, 0.15) is 5.56 Å².